The smallest absolute Gasteiger partial charge is 0.0234 e. The summed E-state index contributed by atoms with van der Waals surface area (Å²) in [4.78, 5) is 5.15. The first-order valence-electron chi connectivity index (χ1n) is 6.82. The standard InChI is InChI=1S/C15H23BrN2/c1-14(11-16)12-17-7-9-18(10-8-17)13-15-5-3-2-4-6-15/h2-6,14H,7-13H2,1H3. The number of nitrogens with zero attached hydrogens (tertiary/aromatic N) is 2. The quantitative estimate of drug-likeness (QED) is 0.772. The Hall–Kier alpha value is -0.380. The average Bonchev–Trinajstić information content (AvgIpc) is 2.42. The van der Waals surface area contributed by atoms with Gasteiger partial charge >= 0.3 is 0 Å². The van der Waals surface area contributed by atoms with Crippen LogP contribution in [0.4, 0.5) is 0 Å². The molecule has 1 aliphatic rings. The van der Waals surface area contributed by atoms with Crippen molar-refractivity contribution in [2.24, 2.45) is 5.92 Å². The molecule has 18 heavy (non-hydrogen) atoms. The molecule has 0 radical (unpaired) electrons. The lowest BCUT2D eigenvalue weighted by molar-refractivity contribution is 0.118. The maximum absolute atomic E-state index is 3.56. The van der Waals surface area contributed by atoms with Crippen LogP contribution in [-0.4, -0.2) is 47.9 Å². The highest BCUT2D eigenvalue weighted by Gasteiger charge is 2.17. The van der Waals surface area contributed by atoms with Crippen LogP contribution in [-0.2, 0) is 6.54 Å². The van der Waals surface area contributed by atoms with Gasteiger partial charge in [0.05, 0.1) is 0 Å². The van der Waals surface area contributed by atoms with Gasteiger partial charge in [-0.1, -0.05) is 53.2 Å². The third kappa shape index (κ3) is 4.38. The van der Waals surface area contributed by atoms with E-state index in [-0.39, 0.29) is 0 Å². The minimum atomic E-state index is 0.755. The van der Waals surface area contributed by atoms with Crippen LogP contribution in [0.1, 0.15) is 12.5 Å². The number of benzene rings is 1. The van der Waals surface area contributed by atoms with Gasteiger partial charge in [0, 0.05) is 44.6 Å². The molecule has 1 aromatic rings. The maximum Gasteiger partial charge on any atom is 0.0234 e. The fraction of sp³-hybridized carbons (Fsp3) is 0.600. The Morgan fingerprint density at radius 3 is 2.28 bits per heavy atom. The zero-order valence-corrected chi connectivity index (χ0v) is 12.8. The molecule has 3 heteroatoms. The molecule has 0 spiro atoms. The molecule has 0 bridgehead atoms. The number of piperazine rings is 1. The normalized spacial score (nSPS) is 19.9. The third-order valence-corrected chi connectivity index (χ3v) is 4.65. The van der Waals surface area contributed by atoms with Gasteiger partial charge in [-0.3, -0.25) is 4.90 Å². The van der Waals surface area contributed by atoms with Crippen LogP contribution in [0.3, 0.4) is 0 Å². The van der Waals surface area contributed by atoms with Gasteiger partial charge in [-0.05, 0) is 11.5 Å². The Bertz CT molecular complexity index is 334. The zero-order chi connectivity index (χ0) is 12.8. The van der Waals surface area contributed by atoms with E-state index in [1.165, 1.54) is 38.3 Å². The molecule has 0 amide bonds. The number of rotatable bonds is 5. The molecule has 2 rings (SSSR count). The first kappa shape index (κ1) is 14.0. The Labute approximate surface area is 119 Å². The lowest BCUT2D eigenvalue weighted by Crippen LogP contribution is -2.47. The van der Waals surface area contributed by atoms with Gasteiger partial charge < -0.3 is 4.90 Å². The minimum absolute atomic E-state index is 0.755. The first-order valence-corrected chi connectivity index (χ1v) is 7.94. The molecular formula is C15H23BrN2. The molecule has 1 aromatic carbocycles. The van der Waals surface area contributed by atoms with E-state index in [1.54, 1.807) is 0 Å². The summed E-state index contributed by atoms with van der Waals surface area (Å²) in [6.45, 7) is 9.46. The summed E-state index contributed by atoms with van der Waals surface area (Å²) in [5, 5.41) is 1.11. The van der Waals surface area contributed by atoms with E-state index in [2.05, 4.69) is 63.0 Å². The van der Waals surface area contributed by atoms with Crippen molar-refractivity contribution in [3.05, 3.63) is 35.9 Å². The number of halogens is 1. The molecule has 2 nitrogen and oxygen atoms in total. The second-order valence-electron chi connectivity index (χ2n) is 5.32. The largest absolute Gasteiger partial charge is 0.300 e. The summed E-state index contributed by atoms with van der Waals surface area (Å²) >= 11 is 3.56. The Kier molecular flexibility index (Phi) is 5.67. The molecule has 1 aliphatic heterocycles. The first-order chi connectivity index (χ1) is 8.78. The highest BCUT2D eigenvalue weighted by atomic mass is 79.9. The summed E-state index contributed by atoms with van der Waals surface area (Å²) in [6, 6.07) is 10.8. The molecule has 0 saturated carbocycles. The second-order valence-corrected chi connectivity index (χ2v) is 5.97. The van der Waals surface area contributed by atoms with Gasteiger partial charge in [-0.2, -0.15) is 0 Å². The predicted molar refractivity (Wildman–Crippen MR) is 81.1 cm³/mol. The Balaban J connectivity index is 1.73. The van der Waals surface area contributed by atoms with Crippen molar-refractivity contribution in [2.45, 2.75) is 13.5 Å². The van der Waals surface area contributed by atoms with Crippen molar-refractivity contribution in [3.8, 4) is 0 Å². The molecule has 0 aromatic heterocycles. The lowest BCUT2D eigenvalue weighted by Gasteiger charge is -2.35. The summed E-state index contributed by atoms with van der Waals surface area (Å²) in [6.07, 6.45) is 0. The van der Waals surface area contributed by atoms with E-state index in [1.807, 2.05) is 0 Å². The SMILES string of the molecule is CC(CBr)CN1CCN(Cc2ccccc2)CC1. The highest BCUT2D eigenvalue weighted by Crippen LogP contribution is 2.10. The summed E-state index contributed by atoms with van der Waals surface area (Å²) < 4.78 is 0. The van der Waals surface area contributed by atoms with Crippen LogP contribution in [0.15, 0.2) is 30.3 Å². The number of alkyl halides is 1. The summed E-state index contributed by atoms with van der Waals surface area (Å²) in [5.74, 6) is 0.755. The van der Waals surface area contributed by atoms with Gasteiger partial charge in [0.1, 0.15) is 0 Å². The van der Waals surface area contributed by atoms with Crippen molar-refractivity contribution in [2.75, 3.05) is 38.1 Å². The van der Waals surface area contributed by atoms with Crippen LogP contribution >= 0.6 is 15.9 Å². The van der Waals surface area contributed by atoms with Gasteiger partial charge in [-0.25, -0.2) is 0 Å². The molecule has 100 valence electrons. The third-order valence-electron chi connectivity index (χ3n) is 3.55. The van der Waals surface area contributed by atoms with E-state index >= 15 is 0 Å². The molecular weight excluding hydrogens is 288 g/mol. The molecule has 0 aliphatic carbocycles. The molecule has 1 saturated heterocycles. The Morgan fingerprint density at radius 2 is 1.67 bits per heavy atom. The summed E-state index contributed by atoms with van der Waals surface area (Å²) in [5.41, 5.74) is 1.43. The van der Waals surface area contributed by atoms with Crippen molar-refractivity contribution >= 4 is 15.9 Å². The van der Waals surface area contributed by atoms with Gasteiger partial charge in [0.2, 0.25) is 0 Å². The van der Waals surface area contributed by atoms with E-state index in [9.17, 15) is 0 Å². The fourth-order valence-electron chi connectivity index (χ4n) is 2.46. The van der Waals surface area contributed by atoms with Crippen LogP contribution < -0.4 is 0 Å². The molecule has 0 N–H and O–H groups in total. The lowest BCUT2D eigenvalue weighted by atomic mass is 10.1. The van der Waals surface area contributed by atoms with Crippen LogP contribution in [0.25, 0.3) is 0 Å². The number of hydrogen-bond acceptors (Lipinski definition) is 2. The van der Waals surface area contributed by atoms with E-state index in [0.29, 0.717) is 0 Å². The topological polar surface area (TPSA) is 6.48 Å². The van der Waals surface area contributed by atoms with E-state index in [4.69, 9.17) is 0 Å². The van der Waals surface area contributed by atoms with Gasteiger partial charge in [-0.15, -0.1) is 0 Å². The summed E-state index contributed by atoms with van der Waals surface area (Å²) in [7, 11) is 0. The zero-order valence-electron chi connectivity index (χ0n) is 11.2. The molecule has 1 unspecified atom stereocenters. The highest BCUT2D eigenvalue weighted by molar-refractivity contribution is 9.09. The van der Waals surface area contributed by atoms with Crippen molar-refractivity contribution in [3.63, 3.8) is 0 Å². The average molecular weight is 311 g/mol. The molecule has 1 atom stereocenters. The van der Waals surface area contributed by atoms with Crippen LogP contribution in [0, 0.1) is 5.92 Å². The minimum Gasteiger partial charge on any atom is -0.300 e. The maximum atomic E-state index is 3.56. The molecule has 1 fully saturated rings. The fourth-order valence-corrected chi connectivity index (χ4v) is 2.67. The van der Waals surface area contributed by atoms with Crippen molar-refractivity contribution in [1.29, 1.82) is 0 Å². The monoisotopic (exact) mass is 310 g/mol. The number of hydrogen-bond donors (Lipinski definition) is 0. The van der Waals surface area contributed by atoms with Gasteiger partial charge in [0.15, 0.2) is 0 Å². The van der Waals surface area contributed by atoms with Crippen molar-refractivity contribution < 1.29 is 0 Å². The van der Waals surface area contributed by atoms with Gasteiger partial charge in [0.25, 0.3) is 0 Å². The van der Waals surface area contributed by atoms with E-state index < -0.39 is 0 Å². The van der Waals surface area contributed by atoms with Crippen LogP contribution in [0.2, 0.25) is 0 Å². The predicted octanol–water partition coefficient (Wildman–Crippen LogP) is 2.84. The van der Waals surface area contributed by atoms with Crippen LogP contribution in [0.5, 0.6) is 0 Å². The Morgan fingerprint density at radius 1 is 1.06 bits per heavy atom. The van der Waals surface area contributed by atoms with E-state index in [0.717, 1.165) is 17.8 Å². The second kappa shape index (κ2) is 7.27. The van der Waals surface area contributed by atoms with Crippen molar-refractivity contribution in [1.82, 2.24) is 9.80 Å². The molecule has 1 heterocycles.